The van der Waals surface area contributed by atoms with Gasteiger partial charge in [-0.1, -0.05) is 15.9 Å². The van der Waals surface area contributed by atoms with E-state index in [4.69, 9.17) is 10.4 Å². The largest absolute Gasteiger partial charge is 0.390 e. The fraction of sp³-hybridized carbons (Fsp3) is 0.300. The van der Waals surface area contributed by atoms with Crippen LogP contribution in [0.3, 0.4) is 0 Å². The van der Waals surface area contributed by atoms with Gasteiger partial charge in [-0.3, -0.25) is 0 Å². The van der Waals surface area contributed by atoms with Crippen LogP contribution < -0.4 is 0 Å². The predicted molar refractivity (Wildman–Crippen MR) is 54.4 cm³/mol. The van der Waals surface area contributed by atoms with Gasteiger partial charge in [-0.15, -0.1) is 0 Å². The summed E-state index contributed by atoms with van der Waals surface area (Å²) in [7, 11) is 0. The van der Waals surface area contributed by atoms with Crippen molar-refractivity contribution in [2.45, 2.75) is 19.2 Å². The van der Waals surface area contributed by atoms with E-state index in [2.05, 4.69) is 15.9 Å². The van der Waals surface area contributed by atoms with Crippen LogP contribution in [-0.4, -0.2) is 11.2 Å². The highest BCUT2D eigenvalue weighted by Crippen LogP contribution is 2.27. The molecule has 1 N–H and O–H groups in total. The molecule has 4 heteroatoms. The number of hydrogen-bond acceptors (Lipinski definition) is 2. The Bertz CT molecular complexity index is 373. The maximum atomic E-state index is 13.5. The van der Waals surface area contributed by atoms with Crippen molar-refractivity contribution in [3.8, 4) is 6.07 Å². The number of nitrogens with zero attached hydrogens (tertiary/aromatic N) is 1. The van der Waals surface area contributed by atoms with Gasteiger partial charge in [0.25, 0.3) is 0 Å². The molecule has 2 atom stereocenters. The molecule has 1 rings (SSSR count). The summed E-state index contributed by atoms with van der Waals surface area (Å²) in [5.74, 6) is 0. The van der Waals surface area contributed by atoms with E-state index in [1.54, 1.807) is 6.07 Å². The fourth-order valence-corrected chi connectivity index (χ4v) is 1.50. The van der Waals surface area contributed by atoms with Gasteiger partial charge in [0, 0.05) is 10.0 Å². The molecule has 0 radical (unpaired) electrons. The van der Waals surface area contributed by atoms with Gasteiger partial charge in [-0.2, -0.15) is 5.26 Å². The van der Waals surface area contributed by atoms with Gasteiger partial charge in [-0.25, -0.2) is 4.39 Å². The zero-order valence-electron chi connectivity index (χ0n) is 7.54. The molecule has 0 aliphatic heterocycles. The second kappa shape index (κ2) is 4.54. The molecule has 2 nitrogen and oxygen atoms in total. The van der Waals surface area contributed by atoms with Crippen LogP contribution in [0.5, 0.6) is 0 Å². The summed E-state index contributed by atoms with van der Waals surface area (Å²) in [6.07, 6.45) is -2.64. The summed E-state index contributed by atoms with van der Waals surface area (Å²) < 4.78 is 14.2. The molecule has 0 aromatic heterocycles. The normalized spacial score (nSPS) is 14.5. The molecule has 0 fully saturated rings. The van der Waals surface area contributed by atoms with Crippen LogP contribution in [0.15, 0.2) is 22.7 Å². The third-order valence-electron chi connectivity index (χ3n) is 1.85. The maximum absolute atomic E-state index is 13.5. The Hall–Kier alpha value is -0.920. The number of nitriles is 1. The molecule has 0 bridgehead atoms. The average Bonchev–Trinajstić information content (AvgIpc) is 2.16. The second-order valence-electron chi connectivity index (χ2n) is 2.99. The molecule has 14 heavy (non-hydrogen) atoms. The molecule has 0 heterocycles. The Labute approximate surface area is 90.1 Å². The van der Waals surface area contributed by atoms with Crippen molar-refractivity contribution in [2.75, 3.05) is 0 Å². The second-order valence-corrected chi connectivity index (χ2v) is 3.90. The number of halogens is 2. The number of benzene rings is 1. The SMILES string of the molecule is CC(O)C(F)c1cc(Br)ccc1C#N. The molecular weight excluding hydrogens is 249 g/mol. The molecular formula is C10H9BrFNO. The van der Waals surface area contributed by atoms with E-state index in [1.165, 1.54) is 19.1 Å². The summed E-state index contributed by atoms with van der Waals surface area (Å²) in [6, 6.07) is 6.58. The number of rotatable bonds is 2. The number of hydrogen-bond donors (Lipinski definition) is 1. The van der Waals surface area contributed by atoms with Crippen LogP contribution >= 0.6 is 15.9 Å². The highest BCUT2D eigenvalue weighted by atomic mass is 79.9. The predicted octanol–water partition coefficient (Wildman–Crippen LogP) is 2.71. The van der Waals surface area contributed by atoms with Gasteiger partial charge in [0.2, 0.25) is 0 Å². The van der Waals surface area contributed by atoms with Crippen LogP contribution in [0, 0.1) is 11.3 Å². The Morgan fingerprint density at radius 2 is 2.21 bits per heavy atom. The Morgan fingerprint density at radius 1 is 1.57 bits per heavy atom. The first-order valence-electron chi connectivity index (χ1n) is 4.08. The molecule has 0 aliphatic carbocycles. The van der Waals surface area contributed by atoms with E-state index in [9.17, 15) is 4.39 Å². The van der Waals surface area contributed by atoms with Gasteiger partial charge >= 0.3 is 0 Å². The van der Waals surface area contributed by atoms with E-state index in [1.807, 2.05) is 6.07 Å². The van der Waals surface area contributed by atoms with Crippen molar-refractivity contribution >= 4 is 15.9 Å². The highest BCUT2D eigenvalue weighted by Gasteiger charge is 2.19. The van der Waals surface area contributed by atoms with Gasteiger partial charge in [0.05, 0.1) is 17.7 Å². The smallest absolute Gasteiger partial charge is 0.152 e. The van der Waals surface area contributed by atoms with E-state index in [-0.39, 0.29) is 11.1 Å². The van der Waals surface area contributed by atoms with Gasteiger partial charge < -0.3 is 5.11 Å². The van der Waals surface area contributed by atoms with E-state index < -0.39 is 12.3 Å². The molecule has 0 amide bonds. The molecule has 1 aromatic rings. The Kier molecular flexibility index (Phi) is 3.62. The zero-order chi connectivity index (χ0) is 10.7. The third kappa shape index (κ3) is 2.31. The minimum atomic E-state index is -1.53. The van der Waals surface area contributed by atoms with Crippen molar-refractivity contribution in [3.05, 3.63) is 33.8 Å². The van der Waals surface area contributed by atoms with Gasteiger partial charge in [-0.05, 0) is 25.1 Å². The molecule has 2 unspecified atom stereocenters. The van der Waals surface area contributed by atoms with E-state index >= 15 is 0 Å². The fourth-order valence-electron chi connectivity index (χ4n) is 1.12. The Morgan fingerprint density at radius 3 is 2.71 bits per heavy atom. The van der Waals surface area contributed by atoms with Crippen LogP contribution in [0.2, 0.25) is 0 Å². The maximum Gasteiger partial charge on any atom is 0.152 e. The number of aliphatic hydroxyl groups excluding tert-OH is 1. The monoisotopic (exact) mass is 257 g/mol. The molecule has 0 saturated heterocycles. The molecule has 0 aliphatic rings. The van der Waals surface area contributed by atoms with E-state index in [0.717, 1.165) is 0 Å². The van der Waals surface area contributed by atoms with Crippen molar-refractivity contribution in [3.63, 3.8) is 0 Å². The van der Waals surface area contributed by atoms with Crippen LogP contribution in [0.4, 0.5) is 4.39 Å². The summed E-state index contributed by atoms with van der Waals surface area (Å²) in [5, 5.41) is 17.8. The lowest BCUT2D eigenvalue weighted by Gasteiger charge is -2.12. The summed E-state index contributed by atoms with van der Waals surface area (Å²) in [5.41, 5.74) is 0.471. The minimum absolute atomic E-state index is 0.219. The van der Waals surface area contributed by atoms with Crippen molar-refractivity contribution < 1.29 is 9.50 Å². The first-order chi connectivity index (χ1) is 6.56. The summed E-state index contributed by atoms with van der Waals surface area (Å²) >= 11 is 3.19. The Balaban J connectivity index is 3.18. The van der Waals surface area contributed by atoms with Gasteiger partial charge in [0.15, 0.2) is 6.17 Å². The summed E-state index contributed by atoms with van der Waals surface area (Å²) in [4.78, 5) is 0. The standard InChI is InChI=1S/C10H9BrFNO/c1-6(14)10(12)9-4-8(11)3-2-7(9)5-13/h2-4,6,10,14H,1H3. The lowest BCUT2D eigenvalue weighted by molar-refractivity contribution is 0.0931. The van der Waals surface area contributed by atoms with Crippen molar-refractivity contribution in [2.24, 2.45) is 0 Å². The minimum Gasteiger partial charge on any atom is -0.390 e. The molecule has 74 valence electrons. The first-order valence-corrected chi connectivity index (χ1v) is 4.87. The molecule has 0 saturated carbocycles. The molecule has 1 aromatic carbocycles. The summed E-state index contributed by atoms with van der Waals surface area (Å²) in [6.45, 7) is 1.35. The lowest BCUT2D eigenvalue weighted by atomic mass is 10.0. The number of aliphatic hydroxyl groups is 1. The topological polar surface area (TPSA) is 44.0 Å². The van der Waals surface area contributed by atoms with Crippen LogP contribution in [-0.2, 0) is 0 Å². The van der Waals surface area contributed by atoms with Crippen molar-refractivity contribution in [1.82, 2.24) is 0 Å². The van der Waals surface area contributed by atoms with Gasteiger partial charge in [0.1, 0.15) is 0 Å². The van der Waals surface area contributed by atoms with Crippen LogP contribution in [0.25, 0.3) is 0 Å². The first kappa shape index (κ1) is 11.2. The number of alkyl halides is 1. The lowest BCUT2D eigenvalue weighted by Crippen LogP contribution is -2.11. The van der Waals surface area contributed by atoms with Crippen LogP contribution in [0.1, 0.15) is 24.2 Å². The third-order valence-corrected chi connectivity index (χ3v) is 2.35. The quantitative estimate of drug-likeness (QED) is 0.886. The highest BCUT2D eigenvalue weighted by molar-refractivity contribution is 9.10. The average molecular weight is 258 g/mol. The van der Waals surface area contributed by atoms with E-state index in [0.29, 0.717) is 4.47 Å². The molecule has 0 spiro atoms. The van der Waals surface area contributed by atoms with Crippen molar-refractivity contribution in [1.29, 1.82) is 5.26 Å². The zero-order valence-corrected chi connectivity index (χ0v) is 9.12.